The van der Waals surface area contributed by atoms with Crippen LogP contribution in [-0.4, -0.2) is 63.3 Å². The van der Waals surface area contributed by atoms with Crippen LogP contribution in [0, 0.1) is 0 Å². The van der Waals surface area contributed by atoms with Crippen LogP contribution in [0.3, 0.4) is 0 Å². The van der Waals surface area contributed by atoms with Crippen LogP contribution < -0.4 is 4.90 Å². The minimum absolute atomic E-state index is 0.239. The minimum atomic E-state index is -0.818. The summed E-state index contributed by atoms with van der Waals surface area (Å²) in [6, 6.07) is 11.8. The van der Waals surface area contributed by atoms with E-state index in [1.165, 1.54) is 16.2 Å². The van der Waals surface area contributed by atoms with Gasteiger partial charge >= 0.3 is 5.97 Å². The third-order valence-electron chi connectivity index (χ3n) is 4.37. The van der Waals surface area contributed by atoms with Crippen LogP contribution in [0.15, 0.2) is 36.4 Å². The number of morpholine rings is 1. The van der Waals surface area contributed by atoms with Crippen LogP contribution in [0.1, 0.15) is 16.6 Å². The molecule has 0 radical (unpaired) electrons. The van der Waals surface area contributed by atoms with Gasteiger partial charge in [-0.3, -0.25) is 4.79 Å². The van der Waals surface area contributed by atoms with Gasteiger partial charge in [0.25, 0.3) is 5.91 Å². The second-order valence-electron chi connectivity index (χ2n) is 6.58. The number of anilines is 1. The largest absolute Gasteiger partial charge is 0.448 e. The van der Waals surface area contributed by atoms with Crippen LogP contribution in [0.4, 0.5) is 5.00 Å². The van der Waals surface area contributed by atoms with Gasteiger partial charge in [-0.15, -0.1) is 11.3 Å². The Morgan fingerprint density at radius 3 is 2.48 bits per heavy atom. The first kappa shape index (κ1) is 19.4. The van der Waals surface area contributed by atoms with Crippen LogP contribution in [0.2, 0.25) is 0 Å². The van der Waals surface area contributed by atoms with Crippen molar-refractivity contribution in [3.63, 3.8) is 0 Å². The molecule has 0 spiro atoms. The topological polar surface area (TPSA) is 59.1 Å². The highest BCUT2D eigenvalue weighted by atomic mass is 32.1. The Hall–Kier alpha value is -2.38. The van der Waals surface area contributed by atoms with Crippen LogP contribution >= 0.6 is 11.3 Å². The van der Waals surface area contributed by atoms with Crippen molar-refractivity contribution in [1.29, 1.82) is 0 Å². The summed E-state index contributed by atoms with van der Waals surface area (Å²) in [5.41, 5.74) is 2.05. The molecular formula is C20H24N2O4S. The third kappa shape index (κ3) is 4.48. The highest BCUT2D eigenvalue weighted by Crippen LogP contribution is 2.39. The fourth-order valence-corrected chi connectivity index (χ4v) is 4.06. The molecule has 1 atom stereocenters. The summed E-state index contributed by atoms with van der Waals surface area (Å²) in [5.74, 6) is -0.712. The lowest BCUT2D eigenvalue weighted by Gasteiger charge is -2.28. The zero-order valence-corrected chi connectivity index (χ0v) is 16.6. The van der Waals surface area contributed by atoms with Gasteiger partial charge in [0.05, 0.1) is 18.2 Å². The molecule has 2 heterocycles. The molecule has 1 amide bonds. The number of carbonyl (C=O) groups is 2. The highest BCUT2D eigenvalue weighted by Gasteiger charge is 2.25. The van der Waals surface area contributed by atoms with Crippen molar-refractivity contribution in [1.82, 2.24) is 4.90 Å². The third-order valence-corrected chi connectivity index (χ3v) is 5.54. The number of hydrogen-bond acceptors (Lipinski definition) is 6. The summed E-state index contributed by atoms with van der Waals surface area (Å²) >= 11 is 1.40. The fourth-order valence-electron chi connectivity index (χ4n) is 2.94. The van der Waals surface area contributed by atoms with Crippen molar-refractivity contribution in [2.24, 2.45) is 0 Å². The predicted molar refractivity (Wildman–Crippen MR) is 106 cm³/mol. The maximum Gasteiger partial charge on any atom is 0.349 e. The van der Waals surface area contributed by atoms with Crippen molar-refractivity contribution >= 4 is 28.2 Å². The number of amides is 1. The van der Waals surface area contributed by atoms with Crippen molar-refractivity contribution in [2.45, 2.75) is 13.0 Å². The smallest absolute Gasteiger partial charge is 0.349 e. The lowest BCUT2D eigenvalue weighted by molar-refractivity contribution is -0.137. The number of rotatable bonds is 5. The summed E-state index contributed by atoms with van der Waals surface area (Å²) in [5, 5.41) is 1.03. The number of ether oxygens (including phenoxy) is 2. The summed E-state index contributed by atoms with van der Waals surface area (Å²) in [6.45, 7) is 4.49. The SMILES string of the molecule is C[C@@H](OC(=O)c1cc(-c2ccccc2)c(N2CCOCC2)s1)C(=O)N(C)C. The quantitative estimate of drug-likeness (QED) is 0.737. The zero-order chi connectivity index (χ0) is 19.4. The molecular weight excluding hydrogens is 364 g/mol. The van der Waals surface area contributed by atoms with Gasteiger partial charge in [0.15, 0.2) is 6.10 Å². The van der Waals surface area contributed by atoms with Crippen LogP contribution in [0.5, 0.6) is 0 Å². The van der Waals surface area contributed by atoms with Gasteiger partial charge in [-0.25, -0.2) is 4.79 Å². The molecule has 0 unspecified atom stereocenters. The van der Waals surface area contributed by atoms with E-state index in [0.29, 0.717) is 18.1 Å². The Balaban J connectivity index is 1.89. The Labute approximate surface area is 163 Å². The second kappa shape index (κ2) is 8.54. The first-order chi connectivity index (χ1) is 13.0. The molecule has 1 aliphatic rings. The zero-order valence-electron chi connectivity index (χ0n) is 15.8. The molecule has 6 nitrogen and oxygen atoms in total. The Morgan fingerprint density at radius 2 is 1.85 bits per heavy atom. The summed E-state index contributed by atoms with van der Waals surface area (Å²) < 4.78 is 10.8. The van der Waals surface area contributed by atoms with E-state index in [0.717, 1.165) is 29.2 Å². The summed E-state index contributed by atoms with van der Waals surface area (Å²) in [4.78, 5) is 28.8. The second-order valence-corrected chi connectivity index (χ2v) is 7.61. The number of thiophene rings is 1. The molecule has 1 aliphatic heterocycles. The van der Waals surface area contributed by atoms with Gasteiger partial charge in [0.1, 0.15) is 4.88 Å². The molecule has 1 aromatic heterocycles. The van der Waals surface area contributed by atoms with E-state index in [1.807, 2.05) is 36.4 Å². The van der Waals surface area contributed by atoms with Crippen molar-refractivity contribution < 1.29 is 19.1 Å². The molecule has 0 N–H and O–H groups in total. The molecule has 1 fully saturated rings. The fraction of sp³-hybridized carbons (Fsp3) is 0.400. The number of esters is 1. The molecule has 0 saturated carbocycles. The minimum Gasteiger partial charge on any atom is -0.448 e. The molecule has 27 heavy (non-hydrogen) atoms. The van der Waals surface area contributed by atoms with E-state index in [9.17, 15) is 9.59 Å². The lowest BCUT2D eigenvalue weighted by Crippen LogP contribution is -2.36. The maximum atomic E-state index is 12.6. The Bertz CT molecular complexity index is 798. The van der Waals surface area contributed by atoms with Gasteiger partial charge in [-0.05, 0) is 18.6 Å². The van der Waals surface area contributed by atoms with Crippen molar-refractivity contribution in [3.8, 4) is 11.1 Å². The molecule has 1 aromatic carbocycles. The Morgan fingerprint density at radius 1 is 1.19 bits per heavy atom. The monoisotopic (exact) mass is 388 g/mol. The van der Waals surface area contributed by atoms with Gasteiger partial charge in [-0.1, -0.05) is 30.3 Å². The van der Waals surface area contributed by atoms with E-state index in [-0.39, 0.29) is 5.91 Å². The van der Waals surface area contributed by atoms with E-state index < -0.39 is 12.1 Å². The average Bonchev–Trinajstić information content (AvgIpc) is 3.14. The van der Waals surface area contributed by atoms with Gasteiger partial charge in [0.2, 0.25) is 0 Å². The Kier molecular flexibility index (Phi) is 6.13. The van der Waals surface area contributed by atoms with Crippen LogP contribution in [0.25, 0.3) is 11.1 Å². The lowest BCUT2D eigenvalue weighted by atomic mass is 10.1. The van der Waals surface area contributed by atoms with Crippen LogP contribution in [-0.2, 0) is 14.3 Å². The number of benzene rings is 1. The predicted octanol–water partition coefficient (Wildman–Crippen LogP) is 2.89. The first-order valence-electron chi connectivity index (χ1n) is 8.91. The molecule has 7 heteroatoms. The number of hydrogen-bond donors (Lipinski definition) is 0. The normalized spacial score (nSPS) is 15.3. The average molecular weight is 388 g/mol. The van der Waals surface area contributed by atoms with Gasteiger partial charge in [-0.2, -0.15) is 0 Å². The number of likely N-dealkylation sites (N-methyl/N-ethyl adjacent to an activating group) is 1. The molecule has 2 aromatic rings. The van der Waals surface area contributed by atoms with Crippen molar-refractivity contribution in [3.05, 3.63) is 41.3 Å². The molecule has 0 aliphatic carbocycles. The first-order valence-corrected chi connectivity index (χ1v) is 9.73. The summed E-state index contributed by atoms with van der Waals surface area (Å²) in [7, 11) is 3.28. The van der Waals surface area contributed by atoms with Gasteiger partial charge in [0, 0.05) is 32.7 Å². The van der Waals surface area contributed by atoms with Gasteiger partial charge < -0.3 is 19.3 Å². The molecule has 1 saturated heterocycles. The maximum absolute atomic E-state index is 12.6. The standard InChI is InChI=1S/C20H24N2O4S/c1-14(18(23)21(2)3)26-20(24)17-13-16(15-7-5-4-6-8-15)19(27-17)22-9-11-25-12-10-22/h4-8,13-14H,9-12H2,1-3H3/t14-/m1/s1. The van der Waals surface area contributed by atoms with E-state index in [1.54, 1.807) is 21.0 Å². The molecule has 3 rings (SSSR count). The molecule has 144 valence electrons. The van der Waals surface area contributed by atoms with E-state index in [4.69, 9.17) is 9.47 Å². The molecule has 0 bridgehead atoms. The number of carbonyl (C=O) groups excluding carboxylic acids is 2. The highest BCUT2D eigenvalue weighted by molar-refractivity contribution is 7.18. The number of nitrogens with zero attached hydrogens (tertiary/aromatic N) is 2. The summed E-state index contributed by atoms with van der Waals surface area (Å²) in [6.07, 6.45) is -0.818. The van der Waals surface area contributed by atoms with E-state index >= 15 is 0 Å². The van der Waals surface area contributed by atoms with E-state index in [2.05, 4.69) is 4.90 Å². The van der Waals surface area contributed by atoms with Crippen molar-refractivity contribution in [2.75, 3.05) is 45.3 Å².